The maximum atomic E-state index is 12.2. The average molecular weight is 278 g/mol. The van der Waals surface area contributed by atoms with Crippen LogP contribution in [0.5, 0.6) is 0 Å². The van der Waals surface area contributed by atoms with Gasteiger partial charge in [-0.1, -0.05) is 31.5 Å². The van der Waals surface area contributed by atoms with E-state index in [4.69, 9.17) is 10.8 Å². The number of rotatable bonds is 9. The first-order valence-electron chi connectivity index (χ1n) is 7.39. The average Bonchev–Trinajstić information content (AvgIpc) is 2.46. The molecule has 4 heteroatoms. The number of aliphatic hydroxyl groups is 1. The number of carbonyl (C=O) groups is 1. The number of nitrogens with two attached hydrogens (primary N) is 1. The van der Waals surface area contributed by atoms with Gasteiger partial charge in [-0.25, -0.2) is 0 Å². The Kier molecular flexibility index (Phi) is 7.92. The zero-order valence-corrected chi connectivity index (χ0v) is 12.3. The predicted molar refractivity (Wildman–Crippen MR) is 81.6 cm³/mol. The third kappa shape index (κ3) is 5.31. The van der Waals surface area contributed by atoms with Gasteiger partial charge in [0, 0.05) is 18.7 Å². The Labute approximate surface area is 121 Å². The van der Waals surface area contributed by atoms with Gasteiger partial charge in [-0.2, -0.15) is 0 Å². The van der Waals surface area contributed by atoms with Crippen LogP contribution in [0.25, 0.3) is 0 Å². The smallest absolute Gasteiger partial charge is 0.251 e. The highest BCUT2D eigenvalue weighted by Crippen LogP contribution is 2.12. The molecule has 4 nitrogen and oxygen atoms in total. The van der Waals surface area contributed by atoms with Gasteiger partial charge in [-0.15, -0.1) is 0 Å². The van der Waals surface area contributed by atoms with E-state index in [1.54, 1.807) is 0 Å². The van der Waals surface area contributed by atoms with Gasteiger partial charge in [0.05, 0.1) is 0 Å². The molecule has 0 bridgehead atoms. The van der Waals surface area contributed by atoms with Crippen LogP contribution in [0.2, 0.25) is 0 Å². The Bertz CT molecular complexity index is 401. The normalized spacial score (nSPS) is 12.2. The summed E-state index contributed by atoms with van der Waals surface area (Å²) < 4.78 is 0. The van der Waals surface area contributed by atoms with Gasteiger partial charge in [0.15, 0.2) is 0 Å². The molecule has 0 heterocycles. The van der Waals surface area contributed by atoms with Crippen molar-refractivity contribution in [1.82, 2.24) is 5.32 Å². The largest absolute Gasteiger partial charge is 0.396 e. The fourth-order valence-electron chi connectivity index (χ4n) is 2.39. The molecule has 1 atom stereocenters. The molecule has 1 rings (SSSR count). The van der Waals surface area contributed by atoms with Crippen LogP contribution in [-0.2, 0) is 6.42 Å². The molecule has 20 heavy (non-hydrogen) atoms. The number of amides is 1. The summed E-state index contributed by atoms with van der Waals surface area (Å²) in [5.41, 5.74) is 7.26. The van der Waals surface area contributed by atoms with Crippen LogP contribution in [0.15, 0.2) is 24.3 Å². The van der Waals surface area contributed by atoms with Crippen molar-refractivity contribution in [3.63, 3.8) is 0 Å². The Morgan fingerprint density at radius 1 is 1.35 bits per heavy atom. The highest BCUT2D eigenvalue weighted by Gasteiger charge is 2.13. The topological polar surface area (TPSA) is 75.3 Å². The molecule has 1 aromatic rings. The minimum absolute atomic E-state index is 0.0481. The molecule has 0 aliphatic rings. The number of carbonyl (C=O) groups excluding carboxylic acids is 1. The first-order chi connectivity index (χ1) is 9.72. The van der Waals surface area contributed by atoms with Crippen molar-refractivity contribution in [3.8, 4) is 0 Å². The van der Waals surface area contributed by atoms with Crippen LogP contribution in [-0.4, -0.2) is 30.7 Å². The summed E-state index contributed by atoms with van der Waals surface area (Å²) in [5, 5.41) is 12.0. The lowest BCUT2D eigenvalue weighted by atomic mass is 9.99. The predicted octanol–water partition coefficient (Wildman–Crippen LogP) is 1.72. The fraction of sp³-hybridized carbons (Fsp3) is 0.562. The van der Waals surface area contributed by atoms with Gasteiger partial charge < -0.3 is 16.2 Å². The van der Waals surface area contributed by atoms with Crippen molar-refractivity contribution in [2.75, 3.05) is 19.7 Å². The Morgan fingerprint density at radius 2 is 2.10 bits per heavy atom. The maximum Gasteiger partial charge on any atom is 0.251 e. The molecular formula is C16H26N2O2. The monoisotopic (exact) mass is 278 g/mol. The van der Waals surface area contributed by atoms with Crippen molar-refractivity contribution in [3.05, 3.63) is 35.4 Å². The molecule has 0 saturated carbocycles. The standard InChI is InChI=1S/C16H26N2O2/c1-2-5-13(9-11-19)12-18-16(20)15-7-4-3-6-14(15)8-10-17/h3-4,6-7,13,19H,2,5,8-12,17H2,1H3,(H,18,20). The fourth-order valence-corrected chi connectivity index (χ4v) is 2.39. The van der Waals surface area contributed by atoms with Crippen molar-refractivity contribution in [2.24, 2.45) is 11.7 Å². The molecule has 0 spiro atoms. The maximum absolute atomic E-state index is 12.2. The highest BCUT2D eigenvalue weighted by atomic mass is 16.3. The van der Waals surface area contributed by atoms with E-state index in [0.717, 1.165) is 24.8 Å². The van der Waals surface area contributed by atoms with Crippen LogP contribution < -0.4 is 11.1 Å². The van der Waals surface area contributed by atoms with Crippen LogP contribution in [0.1, 0.15) is 42.1 Å². The van der Waals surface area contributed by atoms with E-state index in [9.17, 15) is 4.79 Å². The summed E-state index contributed by atoms with van der Waals surface area (Å²) in [6.07, 6.45) is 3.52. The lowest BCUT2D eigenvalue weighted by molar-refractivity contribution is 0.0942. The minimum Gasteiger partial charge on any atom is -0.396 e. The second-order valence-electron chi connectivity index (χ2n) is 5.07. The number of benzene rings is 1. The lowest BCUT2D eigenvalue weighted by Crippen LogP contribution is -2.30. The number of hydrogen-bond acceptors (Lipinski definition) is 3. The first kappa shape index (κ1) is 16.7. The molecule has 0 fully saturated rings. The van der Waals surface area contributed by atoms with Gasteiger partial charge in [-0.3, -0.25) is 4.79 Å². The zero-order valence-electron chi connectivity index (χ0n) is 12.3. The summed E-state index contributed by atoms with van der Waals surface area (Å²) in [6.45, 7) is 3.44. The van der Waals surface area contributed by atoms with Crippen LogP contribution in [0.3, 0.4) is 0 Å². The molecule has 1 unspecified atom stereocenters. The highest BCUT2D eigenvalue weighted by molar-refractivity contribution is 5.95. The first-order valence-corrected chi connectivity index (χ1v) is 7.39. The Morgan fingerprint density at radius 3 is 2.75 bits per heavy atom. The second-order valence-corrected chi connectivity index (χ2v) is 5.07. The van der Waals surface area contributed by atoms with Crippen LogP contribution in [0.4, 0.5) is 0 Å². The van der Waals surface area contributed by atoms with Gasteiger partial charge in [-0.05, 0) is 43.4 Å². The number of nitrogens with one attached hydrogen (secondary N) is 1. The van der Waals surface area contributed by atoms with Crippen molar-refractivity contribution in [1.29, 1.82) is 0 Å². The third-order valence-electron chi connectivity index (χ3n) is 3.46. The van der Waals surface area contributed by atoms with Gasteiger partial charge in [0.2, 0.25) is 0 Å². The Balaban J connectivity index is 2.61. The minimum atomic E-state index is -0.0481. The quantitative estimate of drug-likeness (QED) is 0.644. The SMILES string of the molecule is CCCC(CCO)CNC(=O)c1ccccc1CCN. The zero-order chi connectivity index (χ0) is 14.8. The van der Waals surface area contributed by atoms with Crippen molar-refractivity contribution < 1.29 is 9.90 Å². The molecule has 0 aromatic heterocycles. The Hall–Kier alpha value is -1.39. The lowest BCUT2D eigenvalue weighted by Gasteiger charge is -2.16. The summed E-state index contributed by atoms with van der Waals surface area (Å²) in [6, 6.07) is 7.57. The van der Waals surface area contributed by atoms with Gasteiger partial charge in [0.25, 0.3) is 5.91 Å². The van der Waals surface area contributed by atoms with E-state index in [0.29, 0.717) is 31.0 Å². The third-order valence-corrected chi connectivity index (χ3v) is 3.46. The van der Waals surface area contributed by atoms with E-state index < -0.39 is 0 Å². The molecule has 1 aromatic carbocycles. The summed E-state index contributed by atoms with van der Waals surface area (Å²) in [4.78, 5) is 12.2. The van der Waals surface area contributed by atoms with Gasteiger partial charge >= 0.3 is 0 Å². The molecule has 0 radical (unpaired) electrons. The van der Waals surface area contributed by atoms with Crippen molar-refractivity contribution >= 4 is 5.91 Å². The van der Waals surface area contributed by atoms with Crippen molar-refractivity contribution in [2.45, 2.75) is 32.6 Å². The van der Waals surface area contributed by atoms with E-state index in [1.807, 2.05) is 24.3 Å². The van der Waals surface area contributed by atoms with E-state index in [-0.39, 0.29) is 12.5 Å². The number of aliphatic hydroxyl groups excluding tert-OH is 1. The molecule has 1 amide bonds. The molecule has 0 aliphatic heterocycles. The summed E-state index contributed by atoms with van der Waals surface area (Å²) in [5.74, 6) is 0.295. The molecule has 4 N–H and O–H groups in total. The van der Waals surface area contributed by atoms with E-state index >= 15 is 0 Å². The van der Waals surface area contributed by atoms with Crippen LogP contribution >= 0.6 is 0 Å². The summed E-state index contributed by atoms with van der Waals surface area (Å²) >= 11 is 0. The molecular weight excluding hydrogens is 252 g/mol. The number of hydrogen-bond donors (Lipinski definition) is 3. The molecule has 0 aliphatic carbocycles. The van der Waals surface area contributed by atoms with E-state index in [2.05, 4.69) is 12.2 Å². The van der Waals surface area contributed by atoms with E-state index in [1.165, 1.54) is 0 Å². The second kappa shape index (κ2) is 9.50. The van der Waals surface area contributed by atoms with Gasteiger partial charge in [0.1, 0.15) is 0 Å². The molecule has 0 saturated heterocycles. The summed E-state index contributed by atoms with van der Waals surface area (Å²) in [7, 11) is 0. The van der Waals surface area contributed by atoms with Crippen LogP contribution in [0, 0.1) is 5.92 Å². The molecule has 112 valence electrons.